The number of anilines is 1. The molecule has 18 heavy (non-hydrogen) atoms. The van der Waals surface area contributed by atoms with E-state index in [9.17, 15) is 4.79 Å². The molecule has 0 aliphatic carbocycles. The van der Waals surface area contributed by atoms with Gasteiger partial charge in [-0.2, -0.15) is 0 Å². The molecule has 1 aliphatic heterocycles. The lowest BCUT2D eigenvalue weighted by atomic mass is 10.1. The Kier molecular flexibility index (Phi) is 3.81. The Hall–Kier alpha value is -1.62. The molecule has 2 heterocycles. The number of carbonyl (C=O) groups is 1. The largest absolute Gasteiger partial charge is 0.379 e. The fraction of sp³-hybridized carbons (Fsp3) is 0.538. The van der Waals surface area contributed by atoms with Crippen molar-refractivity contribution in [1.29, 1.82) is 0 Å². The zero-order chi connectivity index (χ0) is 13.1. The van der Waals surface area contributed by atoms with Gasteiger partial charge in [0, 0.05) is 32.0 Å². The summed E-state index contributed by atoms with van der Waals surface area (Å²) in [6.45, 7) is 3.25. The molecule has 1 aliphatic rings. The summed E-state index contributed by atoms with van der Waals surface area (Å²) in [4.78, 5) is 18.4. The van der Waals surface area contributed by atoms with Gasteiger partial charge in [0.05, 0.1) is 12.6 Å². The normalized spacial score (nSPS) is 18.7. The second-order valence-corrected chi connectivity index (χ2v) is 4.57. The average Bonchev–Trinajstić information content (AvgIpc) is 2.90. The molecule has 1 unspecified atom stereocenters. The molecule has 0 aromatic carbocycles. The zero-order valence-electron chi connectivity index (χ0n) is 11.1. The monoisotopic (exact) mass is 249 g/mol. The number of hydrogen-bond donors (Lipinski definition) is 1. The van der Waals surface area contributed by atoms with Crippen molar-refractivity contribution in [3.8, 4) is 0 Å². The number of pyridine rings is 1. The second kappa shape index (κ2) is 5.35. The van der Waals surface area contributed by atoms with Gasteiger partial charge >= 0.3 is 0 Å². The third kappa shape index (κ3) is 2.61. The van der Waals surface area contributed by atoms with Gasteiger partial charge in [0.1, 0.15) is 5.82 Å². The molecule has 1 aromatic rings. The summed E-state index contributed by atoms with van der Waals surface area (Å²) in [5.41, 5.74) is 1.50. The summed E-state index contributed by atoms with van der Waals surface area (Å²) < 4.78 is 5.31. The quantitative estimate of drug-likeness (QED) is 0.877. The van der Waals surface area contributed by atoms with Gasteiger partial charge in [-0.15, -0.1) is 0 Å². The number of nitrogens with one attached hydrogen (secondary N) is 1. The summed E-state index contributed by atoms with van der Waals surface area (Å²) in [5, 5.41) is 2.96. The van der Waals surface area contributed by atoms with Crippen molar-refractivity contribution in [2.24, 2.45) is 0 Å². The Morgan fingerprint density at radius 3 is 2.94 bits per heavy atom. The van der Waals surface area contributed by atoms with Crippen LogP contribution in [0.5, 0.6) is 0 Å². The van der Waals surface area contributed by atoms with Crippen LogP contribution in [0.15, 0.2) is 12.1 Å². The van der Waals surface area contributed by atoms with Gasteiger partial charge in [0.2, 0.25) is 0 Å². The van der Waals surface area contributed by atoms with Gasteiger partial charge in [-0.1, -0.05) is 0 Å². The van der Waals surface area contributed by atoms with Crippen LogP contribution < -0.4 is 5.32 Å². The third-order valence-corrected chi connectivity index (χ3v) is 3.23. The van der Waals surface area contributed by atoms with Crippen molar-refractivity contribution >= 4 is 11.7 Å². The van der Waals surface area contributed by atoms with Crippen molar-refractivity contribution in [2.45, 2.75) is 19.4 Å². The van der Waals surface area contributed by atoms with Crippen LogP contribution in [0.3, 0.4) is 0 Å². The number of carbonyl (C=O) groups excluding carboxylic acids is 1. The van der Waals surface area contributed by atoms with E-state index in [1.165, 1.54) is 0 Å². The fourth-order valence-corrected chi connectivity index (χ4v) is 2.12. The average molecular weight is 249 g/mol. The number of hydrogen-bond acceptors (Lipinski definition) is 4. The maximum Gasteiger partial charge on any atom is 0.254 e. The first-order chi connectivity index (χ1) is 8.61. The second-order valence-electron chi connectivity index (χ2n) is 4.57. The molecule has 98 valence electrons. The van der Waals surface area contributed by atoms with E-state index < -0.39 is 0 Å². The maximum absolute atomic E-state index is 12.4. The Balaban J connectivity index is 2.19. The molecule has 1 fully saturated rings. The molecule has 0 bridgehead atoms. The molecule has 5 heteroatoms. The number of aryl methyl sites for hydroxylation is 1. The molecule has 0 spiro atoms. The van der Waals surface area contributed by atoms with Crippen LogP contribution in [0.1, 0.15) is 22.5 Å². The highest BCUT2D eigenvalue weighted by Crippen LogP contribution is 2.16. The summed E-state index contributed by atoms with van der Waals surface area (Å²) >= 11 is 0. The fourth-order valence-electron chi connectivity index (χ4n) is 2.12. The highest BCUT2D eigenvalue weighted by Gasteiger charge is 2.25. The SMILES string of the molecule is CNc1cc(C(=O)N(C)C2CCOC2)cc(C)n1. The first kappa shape index (κ1) is 12.8. The number of aromatic nitrogens is 1. The topological polar surface area (TPSA) is 54.5 Å². The van der Waals surface area contributed by atoms with E-state index in [0.717, 1.165) is 24.5 Å². The van der Waals surface area contributed by atoms with Crippen molar-refractivity contribution < 1.29 is 9.53 Å². The van der Waals surface area contributed by atoms with Gasteiger partial charge in [-0.05, 0) is 25.5 Å². The predicted octanol–water partition coefficient (Wildman–Crippen LogP) is 1.29. The van der Waals surface area contributed by atoms with Crippen LogP contribution in [0.25, 0.3) is 0 Å². The van der Waals surface area contributed by atoms with Crippen LogP contribution >= 0.6 is 0 Å². The van der Waals surface area contributed by atoms with Gasteiger partial charge < -0.3 is 15.0 Å². The number of nitrogens with zero attached hydrogens (tertiary/aromatic N) is 2. The minimum absolute atomic E-state index is 0.0208. The van der Waals surface area contributed by atoms with Crippen LogP contribution in [0, 0.1) is 6.92 Å². The number of rotatable bonds is 3. The van der Waals surface area contributed by atoms with Gasteiger partial charge in [-0.25, -0.2) is 4.98 Å². The molecule has 0 radical (unpaired) electrons. The molecule has 2 rings (SSSR count). The highest BCUT2D eigenvalue weighted by atomic mass is 16.5. The first-order valence-electron chi connectivity index (χ1n) is 6.13. The van der Waals surface area contributed by atoms with E-state index in [2.05, 4.69) is 10.3 Å². The molecular weight excluding hydrogens is 230 g/mol. The molecule has 5 nitrogen and oxygen atoms in total. The Bertz CT molecular complexity index is 442. The maximum atomic E-state index is 12.4. The van der Waals surface area contributed by atoms with E-state index in [1.807, 2.05) is 20.0 Å². The smallest absolute Gasteiger partial charge is 0.254 e. The van der Waals surface area contributed by atoms with Crippen LogP contribution in [0.2, 0.25) is 0 Å². The molecular formula is C13H19N3O2. The Morgan fingerprint density at radius 1 is 1.56 bits per heavy atom. The molecule has 1 N–H and O–H groups in total. The molecule has 1 aromatic heterocycles. The van der Waals surface area contributed by atoms with E-state index in [-0.39, 0.29) is 11.9 Å². The zero-order valence-corrected chi connectivity index (χ0v) is 11.1. The minimum Gasteiger partial charge on any atom is -0.379 e. The van der Waals surface area contributed by atoms with Crippen molar-refractivity contribution in [3.63, 3.8) is 0 Å². The lowest BCUT2D eigenvalue weighted by Crippen LogP contribution is -2.37. The van der Waals surface area contributed by atoms with Gasteiger partial charge in [0.25, 0.3) is 5.91 Å². The first-order valence-corrected chi connectivity index (χ1v) is 6.13. The minimum atomic E-state index is 0.0208. The lowest BCUT2D eigenvalue weighted by Gasteiger charge is -2.23. The van der Waals surface area contributed by atoms with Crippen LogP contribution in [-0.2, 0) is 4.74 Å². The molecule has 0 saturated carbocycles. The van der Waals surface area contributed by atoms with E-state index in [4.69, 9.17) is 4.74 Å². The van der Waals surface area contributed by atoms with Crippen molar-refractivity contribution in [3.05, 3.63) is 23.4 Å². The number of likely N-dealkylation sites (N-methyl/N-ethyl adjacent to an activating group) is 1. The summed E-state index contributed by atoms with van der Waals surface area (Å²) in [5.74, 6) is 0.738. The Labute approximate surface area is 107 Å². The lowest BCUT2D eigenvalue weighted by molar-refractivity contribution is 0.0711. The molecule has 1 saturated heterocycles. The van der Waals surface area contributed by atoms with E-state index in [0.29, 0.717) is 12.2 Å². The molecule has 1 amide bonds. The Morgan fingerprint density at radius 2 is 2.33 bits per heavy atom. The molecule has 1 atom stereocenters. The standard InChI is InChI=1S/C13H19N3O2/c1-9-6-10(7-12(14-2)15-9)13(17)16(3)11-4-5-18-8-11/h6-7,11H,4-5,8H2,1-3H3,(H,14,15). The van der Waals surface area contributed by atoms with Gasteiger partial charge in [-0.3, -0.25) is 4.79 Å². The van der Waals surface area contributed by atoms with Crippen molar-refractivity contribution in [2.75, 3.05) is 32.6 Å². The van der Waals surface area contributed by atoms with Crippen LogP contribution in [-0.4, -0.2) is 49.1 Å². The third-order valence-electron chi connectivity index (χ3n) is 3.23. The number of amides is 1. The van der Waals surface area contributed by atoms with Gasteiger partial charge in [0.15, 0.2) is 0 Å². The predicted molar refractivity (Wildman–Crippen MR) is 69.8 cm³/mol. The summed E-state index contributed by atoms with van der Waals surface area (Å²) in [6, 6.07) is 3.78. The van der Waals surface area contributed by atoms with E-state index >= 15 is 0 Å². The number of ether oxygens (including phenoxy) is 1. The summed E-state index contributed by atoms with van der Waals surface area (Å²) in [7, 11) is 3.63. The van der Waals surface area contributed by atoms with Crippen molar-refractivity contribution in [1.82, 2.24) is 9.88 Å². The van der Waals surface area contributed by atoms with E-state index in [1.54, 1.807) is 18.0 Å². The summed E-state index contributed by atoms with van der Waals surface area (Å²) in [6.07, 6.45) is 0.908. The highest BCUT2D eigenvalue weighted by molar-refractivity contribution is 5.95. The van der Waals surface area contributed by atoms with Crippen LogP contribution in [0.4, 0.5) is 5.82 Å².